The van der Waals surface area contributed by atoms with Crippen LogP contribution in [0.3, 0.4) is 0 Å². The number of carbonyl (C=O) groups is 2. The van der Waals surface area contributed by atoms with E-state index in [0.29, 0.717) is 28.2 Å². The molecule has 2 aromatic rings. The van der Waals surface area contributed by atoms with E-state index in [1.165, 1.54) is 13.3 Å². The molecule has 0 fully saturated rings. The number of hydrogen-bond donors (Lipinski definition) is 1. The molecule has 0 bridgehead atoms. The minimum Gasteiger partial charge on any atom is -0.350 e. The van der Waals surface area contributed by atoms with Crippen molar-refractivity contribution >= 4 is 12.1 Å². The fourth-order valence-corrected chi connectivity index (χ4v) is 1.96. The average molecular weight is 243 g/mol. The van der Waals surface area contributed by atoms with Gasteiger partial charge in [0.1, 0.15) is 6.33 Å². The Kier molecular flexibility index (Phi) is 3.06. The molecule has 2 rings (SSSR count). The molecular weight excluding hydrogens is 230 g/mol. The van der Waals surface area contributed by atoms with Crippen molar-refractivity contribution in [1.29, 1.82) is 0 Å². The molecule has 0 aliphatic heterocycles. The van der Waals surface area contributed by atoms with Gasteiger partial charge in [0.05, 0.1) is 17.1 Å². The summed E-state index contributed by atoms with van der Waals surface area (Å²) in [6.07, 6.45) is 3.83. The second-order valence-electron chi connectivity index (χ2n) is 4.14. The molecule has 0 aliphatic rings. The molecule has 2 heterocycles. The summed E-state index contributed by atoms with van der Waals surface area (Å²) >= 11 is 0. The van der Waals surface area contributed by atoms with E-state index in [1.807, 2.05) is 6.92 Å². The van der Waals surface area contributed by atoms with E-state index in [9.17, 15) is 9.59 Å². The van der Waals surface area contributed by atoms with Gasteiger partial charge in [-0.2, -0.15) is 0 Å². The summed E-state index contributed by atoms with van der Waals surface area (Å²) in [5.41, 5.74) is 3.64. The number of rotatable bonds is 3. The van der Waals surface area contributed by atoms with Crippen molar-refractivity contribution in [2.75, 3.05) is 0 Å². The number of ketones is 1. The lowest BCUT2D eigenvalue weighted by molar-refractivity contribution is 0.101. The molecule has 0 radical (unpaired) electrons. The quantitative estimate of drug-likeness (QED) is 0.661. The normalized spacial score (nSPS) is 10.4. The predicted molar refractivity (Wildman–Crippen MR) is 66.7 cm³/mol. The van der Waals surface area contributed by atoms with Gasteiger partial charge >= 0.3 is 0 Å². The van der Waals surface area contributed by atoms with Gasteiger partial charge in [-0.3, -0.25) is 9.59 Å². The zero-order valence-electron chi connectivity index (χ0n) is 10.4. The Morgan fingerprint density at radius 3 is 2.67 bits per heavy atom. The first-order valence-electron chi connectivity index (χ1n) is 5.52. The lowest BCUT2D eigenvalue weighted by Crippen LogP contribution is -1.95. The topological polar surface area (TPSA) is 75.7 Å². The molecule has 5 nitrogen and oxygen atoms in total. The van der Waals surface area contributed by atoms with Crippen LogP contribution in [0.1, 0.15) is 38.9 Å². The molecular formula is C13H13N3O2. The number of nitrogens with zero attached hydrogens (tertiary/aromatic N) is 2. The van der Waals surface area contributed by atoms with Crippen LogP contribution in [0.15, 0.2) is 12.5 Å². The fraction of sp³-hybridized carbons (Fsp3) is 0.231. The van der Waals surface area contributed by atoms with Gasteiger partial charge in [0.2, 0.25) is 0 Å². The van der Waals surface area contributed by atoms with E-state index < -0.39 is 0 Å². The largest absolute Gasteiger partial charge is 0.350 e. The highest BCUT2D eigenvalue weighted by Crippen LogP contribution is 2.27. The van der Waals surface area contributed by atoms with Crippen LogP contribution in [0.2, 0.25) is 0 Å². The average Bonchev–Trinajstić information content (AvgIpc) is 2.67. The molecule has 5 heteroatoms. The number of aryl methyl sites for hydroxylation is 1. The SMILES string of the molecule is CC(=O)c1[nH]c(-c2ncncc2C)c(C=O)c1C. The number of Topliss-reactive ketones (excluding diaryl/α,β-unsaturated/α-hetero) is 1. The molecule has 0 saturated carbocycles. The number of aromatic amines is 1. The summed E-state index contributed by atoms with van der Waals surface area (Å²) < 4.78 is 0. The van der Waals surface area contributed by atoms with E-state index in [-0.39, 0.29) is 5.78 Å². The molecule has 0 spiro atoms. The standard InChI is InChI=1S/C13H13N3O2/c1-7-4-14-6-15-11(7)13-10(5-17)8(2)12(16-13)9(3)18/h4-6,16H,1-3H3. The van der Waals surface area contributed by atoms with Crippen molar-refractivity contribution in [2.24, 2.45) is 0 Å². The third-order valence-electron chi connectivity index (χ3n) is 2.90. The second-order valence-corrected chi connectivity index (χ2v) is 4.14. The predicted octanol–water partition coefficient (Wildman–Crippen LogP) is 2.10. The Labute approximate surface area is 104 Å². The molecule has 0 unspecified atom stereocenters. The maximum absolute atomic E-state index is 11.5. The van der Waals surface area contributed by atoms with Gasteiger partial charge in [-0.15, -0.1) is 0 Å². The Morgan fingerprint density at radius 1 is 1.39 bits per heavy atom. The summed E-state index contributed by atoms with van der Waals surface area (Å²) in [5, 5.41) is 0. The van der Waals surface area contributed by atoms with Gasteiger partial charge in [0, 0.05) is 18.7 Å². The molecule has 0 saturated heterocycles. The molecule has 2 aromatic heterocycles. The highest BCUT2D eigenvalue weighted by molar-refractivity contribution is 5.99. The van der Waals surface area contributed by atoms with Gasteiger partial charge in [0.15, 0.2) is 12.1 Å². The summed E-state index contributed by atoms with van der Waals surface area (Å²) in [7, 11) is 0. The number of aromatic nitrogens is 3. The Hall–Kier alpha value is -2.30. The van der Waals surface area contributed by atoms with Crippen LogP contribution in [-0.2, 0) is 0 Å². The lowest BCUT2D eigenvalue weighted by atomic mass is 10.1. The highest BCUT2D eigenvalue weighted by Gasteiger charge is 2.19. The Balaban J connectivity index is 2.72. The van der Waals surface area contributed by atoms with Crippen LogP contribution in [0.25, 0.3) is 11.4 Å². The molecule has 18 heavy (non-hydrogen) atoms. The van der Waals surface area contributed by atoms with E-state index in [1.54, 1.807) is 13.1 Å². The maximum Gasteiger partial charge on any atom is 0.176 e. The number of nitrogens with one attached hydrogen (secondary N) is 1. The van der Waals surface area contributed by atoms with E-state index in [4.69, 9.17) is 0 Å². The van der Waals surface area contributed by atoms with Crippen LogP contribution in [0, 0.1) is 13.8 Å². The molecule has 0 aromatic carbocycles. The maximum atomic E-state index is 11.5. The van der Waals surface area contributed by atoms with Gasteiger partial charge in [-0.05, 0) is 25.0 Å². The van der Waals surface area contributed by atoms with Gasteiger partial charge in [-0.25, -0.2) is 9.97 Å². The molecule has 0 aliphatic carbocycles. The summed E-state index contributed by atoms with van der Waals surface area (Å²) in [6, 6.07) is 0. The first kappa shape index (κ1) is 12.2. The van der Waals surface area contributed by atoms with Crippen LogP contribution in [0.4, 0.5) is 0 Å². The minimum atomic E-state index is -0.103. The molecule has 1 N–H and O–H groups in total. The van der Waals surface area contributed by atoms with E-state index in [2.05, 4.69) is 15.0 Å². The number of carbonyl (C=O) groups excluding carboxylic acids is 2. The van der Waals surface area contributed by atoms with Gasteiger partial charge < -0.3 is 4.98 Å². The van der Waals surface area contributed by atoms with Crippen molar-refractivity contribution in [2.45, 2.75) is 20.8 Å². The number of aldehydes is 1. The first-order valence-corrected chi connectivity index (χ1v) is 5.52. The fourth-order valence-electron chi connectivity index (χ4n) is 1.96. The smallest absolute Gasteiger partial charge is 0.176 e. The monoisotopic (exact) mass is 243 g/mol. The van der Waals surface area contributed by atoms with Crippen molar-refractivity contribution in [3.63, 3.8) is 0 Å². The first-order chi connectivity index (χ1) is 8.56. The van der Waals surface area contributed by atoms with Crippen LogP contribution in [-0.4, -0.2) is 27.0 Å². The molecule has 92 valence electrons. The lowest BCUT2D eigenvalue weighted by Gasteiger charge is -2.02. The number of H-pyrrole nitrogens is 1. The van der Waals surface area contributed by atoms with Crippen LogP contribution in [0.5, 0.6) is 0 Å². The van der Waals surface area contributed by atoms with E-state index >= 15 is 0 Å². The molecule has 0 atom stereocenters. The van der Waals surface area contributed by atoms with Gasteiger partial charge in [0.25, 0.3) is 0 Å². The van der Waals surface area contributed by atoms with Crippen molar-refractivity contribution in [3.05, 3.63) is 34.9 Å². The Morgan fingerprint density at radius 2 is 2.11 bits per heavy atom. The third-order valence-corrected chi connectivity index (χ3v) is 2.90. The third kappa shape index (κ3) is 1.84. The molecule has 0 amide bonds. The van der Waals surface area contributed by atoms with Crippen molar-refractivity contribution in [1.82, 2.24) is 15.0 Å². The highest BCUT2D eigenvalue weighted by atomic mass is 16.1. The summed E-state index contributed by atoms with van der Waals surface area (Å²) in [4.78, 5) is 33.7. The van der Waals surface area contributed by atoms with Crippen molar-refractivity contribution < 1.29 is 9.59 Å². The van der Waals surface area contributed by atoms with Crippen LogP contribution < -0.4 is 0 Å². The summed E-state index contributed by atoms with van der Waals surface area (Å²) in [6.45, 7) is 5.06. The zero-order valence-corrected chi connectivity index (χ0v) is 10.4. The minimum absolute atomic E-state index is 0.103. The van der Waals surface area contributed by atoms with Crippen LogP contribution >= 0.6 is 0 Å². The zero-order chi connectivity index (χ0) is 13.3. The van der Waals surface area contributed by atoms with Gasteiger partial charge in [-0.1, -0.05) is 0 Å². The van der Waals surface area contributed by atoms with E-state index in [0.717, 1.165) is 11.8 Å². The van der Waals surface area contributed by atoms with Crippen molar-refractivity contribution in [3.8, 4) is 11.4 Å². The second kappa shape index (κ2) is 4.52. The Bertz CT molecular complexity index is 629. The number of hydrogen-bond acceptors (Lipinski definition) is 4. The summed E-state index contributed by atoms with van der Waals surface area (Å²) in [5.74, 6) is -0.103.